The average Bonchev–Trinajstić information content (AvgIpc) is 3.42. The Labute approximate surface area is 198 Å². The summed E-state index contributed by atoms with van der Waals surface area (Å²) in [5, 5.41) is 12.1. The molecule has 2 aromatic heterocycles. The third-order valence-corrected chi connectivity index (χ3v) is 5.75. The molecule has 6 aromatic rings. The number of aromatic carboxylic acids is 1. The fraction of sp³-hybridized carbons (Fsp3) is 0.0370. The molecule has 6 rings (SSSR count). The zero-order valence-electron chi connectivity index (χ0n) is 18.6. The number of fused-ring (bicyclic) bond motifs is 6. The van der Waals surface area contributed by atoms with Crippen molar-refractivity contribution in [2.45, 2.75) is 0 Å². The van der Waals surface area contributed by atoms with Gasteiger partial charge in [0, 0.05) is 32.9 Å². The summed E-state index contributed by atoms with van der Waals surface area (Å²) in [7, 11) is 1.34. The highest BCUT2D eigenvalue weighted by atomic mass is 16.5. The number of rotatable bonds is 2. The van der Waals surface area contributed by atoms with Crippen molar-refractivity contribution >= 4 is 67.2 Å². The van der Waals surface area contributed by atoms with Crippen molar-refractivity contribution in [1.29, 1.82) is 0 Å². The number of carbonyl (C=O) groups excluding carboxylic acids is 1. The third-order valence-electron chi connectivity index (χ3n) is 5.75. The van der Waals surface area contributed by atoms with E-state index in [9.17, 15) is 14.7 Å². The van der Waals surface area contributed by atoms with Gasteiger partial charge in [-0.15, -0.1) is 0 Å². The topological polar surface area (TPSA) is 142 Å². The SMILES string of the molecule is COC(=O)c1c(N)ccc2oc3ccccc3c12.Nc1ccc2oc3ccccc3c2c1C(=O)O. The summed E-state index contributed by atoms with van der Waals surface area (Å²) in [5.41, 5.74) is 15.2. The number of esters is 1. The Morgan fingerprint density at radius 1 is 0.686 bits per heavy atom. The molecule has 0 atom stereocenters. The molecule has 35 heavy (non-hydrogen) atoms. The number of benzene rings is 4. The van der Waals surface area contributed by atoms with Gasteiger partial charge in [0.15, 0.2) is 0 Å². The van der Waals surface area contributed by atoms with Crippen LogP contribution in [0.15, 0.2) is 81.6 Å². The number of hydrogen-bond donors (Lipinski definition) is 3. The van der Waals surface area contributed by atoms with Crippen LogP contribution in [-0.2, 0) is 4.74 Å². The quantitative estimate of drug-likeness (QED) is 0.213. The largest absolute Gasteiger partial charge is 0.478 e. The Hall–Kier alpha value is -4.98. The number of hydrogen-bond acceptors (Lipinski definition) is 7. The van der Waals surface area contributed by atoms with Crippen LogP contribution in [0.3, 0.4) is 0 Å². The number of anilines is 2. The van der Waals surface area contributed by atoms with Gasteiger partial charge >= 0.3 is 11.9 Å². The number of ether oxygens (including phenoxy) is 1. The maximum Gasteiger partial charge on any atom is 0.340 e. The Morgan fingerprint density at radius 2 is 1.14 bits per heavy atom. The second-order valence-electron chi connectivity index (χ2n) is 7.80. The van der Waals surface area contributed by atoms with Crippen LogP contribution < -0.4 is 11.5 Å². The zero-order chi connectivity index (χ0) is 24.7. The molecule has 2 heterocycles. The van der Waals surface area contributed by atoms with E-state index in [1.165, 1.54) is 7.11 Å². The summed E-state index contributed by atoms with van der Waals surface area (Å²) in [5.74, 6) is -1.50. The van der Waals surface area contributed by atoms with E-state index in [1.807, 2.05) is 42.5 Å². The van der Waals surface area contributed by atoms with Gasteiger partial charge < -0.3 is 30.1 Å². The van der Waals surface area contributed by atoms with Gasteiger partial charge in [-0.3, -0.25) is 0 Å². The molecule has 174 valence electrons. The number of nitrogen functional groups attached to an aromatic ring is 2. The van der Waals surface area contributed by atoms with Crippen molar-refractivity contribution in [2.75, 3.05) is 18.6 Å². The molecule has 8 heteroatoms. The van der Waals surface area contributed by atoms with Crippen LogP contribution in [0.4, 0.5) is 11.4 Å². The lowest BCUT2D eigenvalue weighted by molar-refractivity contribution is 0.0603. The molecular formula is C27H20N2O6. The molecule has 0 fully saturated rings. The standard InChI is InChI=1S/C14H11NO3.C13H9NO3/c1-17-14(16)13-9(15)6-7-11-12(13)8-4-2-3-5-10(8)18-11;14-8-5-6-10-11(12(8)13(15)16)7-3-1-2-4-9(7)17-10/h2-7H,15H2,1H3;1-6H,14H2,(H,15,16). The summed E-state index contributed by atoms with van der Waals surface area (Å²) >= 11 is 0. The van der Waals surface area contributed by atoms with E-state index in [0.717, 1.165) is 16.4 Å². The molecule has 0 radical (unpaired) electrons. The fourth-order valence-corrected chi connectivity index (χ4v) is 4.22. The smallest absolute Gasteiger partial charge is 0.340 e. The second kappa shape index (κ2) is 8.42. The van der Waals surface area contributed by atoms with Gasteiger partial charge in [0.2, 0.25) is 0 Å². The molecule has 0 saturated carbocycles. The molecule has 0 bridgehead atoms. The molecule has 4 aromatic carbocycles. The van der Waals surface area contributed by atoms with Gasteiger partial charge in [-0.2, -0.15) is 0 Å². The molecule has 0 aliphatic rings. The van der Waals surface area contributed by atoms with Crippen molar-refractivity contribution in [3.05, 3.63) is 83.9 Å². The summed E-state index contributed by atoms with van der Waals surface area (Å²) in [6.45, 7) is 0. The van der Waals surface area contributed by atoms with Crippen LogP contribution in [0.1, 0.15) is 20.7 Å². The minimum Gasteiger partial charge on any atom is -0.478 e. The van der Waals surface area contributed by atoms with Crippen LogP contribution in [0, 0.1) is 0 Å². The minimum absolute atomic E-state index is 0.104. The normalized spacial score (nSPS) is 11.0. The molecule has 5 N–H and O–H groups in total. The number of nitrogens with two attached hydrogens (primary N) is 2. The number of furan rings is 2. The highest BCUT2D eigenvalue weighted by Gasteiger charge is 2.20. The van der Waals surface area contributed by atoms with E-state index in [-0.39, 0.29) is 11.3 Å². The van der Waals surface area contributed by atoms with Crippen molar-refractivity contribution in [1.82, 2.24) is 0 Å². The van der Waals surface area contributed by atoms with Crippen LogP contribution in [-0.4, -0.2) is 24.2 Å². The van der Waals surface area contributed by atoms with Gasteiger partial charge in [0.1, 0.15) is 22.3 Å². The molecule has 8 nitrogen and oxygen atoms in total. The van der Waals surface area contributed by atoms with Crippen molar-refractivity contribution in [3.63, 3.8) is 0 Å². The average molecular weight is 468 g/mol. The first kappa shape index (κ1) is 21.8. The van der Waals surface area contributed by atoms with E-state index >= 15 is 0 Å². The van der Waals surface area contributed by atoms with Gasteiger partial charge in [-0.05, 0) is 36.4 Å². The Balaban J connectivity index is 0.000000145. The first-order chi connectivity index (χ1) is 16.9. The summed E-state index contributed by atoms with van der Waals surface area (Å²) in [6.07, 6.45) is 0. The van der Waals surface area contributed by atoms with Crippen LogP contribution in [0.2, 0.25) is 0 Å². The van der Waals surface area contributed by atoms with E-state index < -0.39 is 11.9 Å². The lowest BCUT2D eigenvalue weighted by Gasteiger charge is -2.04. The monoisotopic (exact) mass is 468 g/mol. The van der Waals surface area contributed by atoms with E-state index in [2.05, 4.69) is 0 Å². The van der Waals surface area contributed by atoms with Crippen molar-refractivity contribution in [3.8, 4) is 0 Å². The first-order valence-corrected chi connectivity index (χ1v) is 10.6. The number of carboxylic acids is 1. The van der Waals surface area contributed by atoms with Crippen LogP contribution in [0.5, 0.6) is 0 Å². The first-order valence-electron chi connectivity index (χ1n) is 10.6. The highest BCUT2D eigenvalue weighted by molar-refractivity contribution is 6.18. The molecule has 0 aliphatic heterocycles. The summed E-state index contributed by atoms with van der Waals surface area (Å²) in [4.78, 5) is 23.1. The van der Waals surface area contributed by atoms with E-state index in [4.69, 9.17) is 25.0 Å². The number of carbonyl (C=O) groups is 2. The maximum absolute atomic E-state index is 11.8. The molecule has 0 amide bonds. The van der Waals surface area contributed by atoms with Crippen LogP contribution >= 0.6 is 0 Å². The number of carboxylic acid groups (broad SMARTS) is 1. The maximum atomic E-state index is 11.8. The second-order valence-corrected chi connectivity index (χ2v) is 7.80. The predicted molar refractivity (Wildman–Crippen MR) is 135 cm³/mol. The van der Waals surface area contributed by atoms with Gasteiger partial charge in [0.05, 0.1) is 18.2 Å². The number of para-hydroxylation sites is 2. The molecule has 0 spiro atoms. The van der Waals surface area contributed by atoms with E-state index in [0.29, 0.717) is 38.8 Å². The third kappa shape index (κ3) is 3.57. The van der Waals surface area contributed by atoms with Crippen molar-refractivity contribution < 1.29 is 28.3 Å². The number of methoxy groups -OCH3 is 1. The molecule has 0 aliphatic carbocycles. The Kier molecular flexibility index (Phi) is 5.25. The Morgan fingerprint density at radius 3 is 1.63 bits per heavy atom. The molecule has 0 unspecified atom stereocenters. The molecular weight excluding hydrogens is 448 g/mol. The highest BCUT2D eigenvalue weighted by Crippen LogP contribution is 2.35. The fourth-order valence-electron chi connectivity index (χ4n) is 4.22. The van der Waals surface area contributed by atoms with Gasteiger partial charge in [0.25, 0.3) is 0 Å². The zero-order valence-corrected chi connectivity index (χ0v) is 18.6. The van der Waals surface area contributed by atoms with E-state index in [1.54, 1.807) is 30.3 Å². The lowest BCUT2D eigenvalue weighted by atomic mass is 10.0. The van der Waals surface area contributed by atoms with Gasteiger partial charge in [-0.1, -0.05) is 36.4 Å². The van der Waals surface area contributed by atoms with Crippen LogP contribution in [0.25, 0.3) is 43.9 Å². The van der Waals surface area contributed by atoms with Gasteiger partial charge in [-0.25, -0.2) is 9.59 Å². The lowest BCUT2D eigenvalue weighted by Crippen LogP contribution is -2.05. The summed E-state index contributed by atoms with van der Waals surface area (Å²) in [6, 6.07) is 21.5. The summed E-state index contributed by atoms with van der Waals surface area (Å²) < 4.78 is 16.0. The predicted octanol–water partition coefficient (Wildman–Crippen LogP) is 5.82. The molecule has 0 saturated heterocycles. The van der Waals surface area contributed by atoms with Crippen molar-refractivity contribution in [2.24, 2.45) is 0 Å². The Bertz CT molecular complexity index is 1760. The minimum atomic E-state index is -1.04.